The Balaban J connectivity index is 3.12. The molecule has 0 aliphatic rings. The summed E-state index contributed by atoms with van der Waals surface area (Å²) in [6, 6.07) is 4.91. The van der Waals surface area contributed by atoms with E-state index in [4.69, 9.17) is 0 Å². The molecule has 1 rings (SSSR count). The Morgan fingerprint density at radius 2 is 1.94 bits per heavy atom. The lowest BCUT2D eigenvalue weighted by Crippen LogP contribution is -2.04. The van der Waals surface area contributed by atoms with Crippen molar-refractivity contribution in [3.8, 4) is 0 Å². The van der Waals surface area contributed by atoms with Crippen molar-refractivity contribution in [3.05, 3.63) is 41.0 Å². The molecule has 1 nitrogen and oxygen atoms in total. The molecule has 0 fully saturated rings. The van der Waals surface area contributed by atoms with Crippen LogP contribution in [0.1, 0.15) is 25.0 Å². The first-order valence-corrected chi connectivity index (χ1v) is 5.18. The number of hydrogen-bond donors (Lipinski definition) is 0. The number of allylic oxidation sites excluding steroid dienone is 1. The normalized spacial score (nSPS) is 12.9. The van der Waals surface area contributed by atoms with Gasteiger partial charge in [0.25, 0.3) is 0 Å². The maximum Gasteiger partial charge on any atom is 0.416 e. The van der Waals surface area contributed by atoms with Crippen LogP contribution >= 0.6 is 0 Å². The second-order valence-corrected chi connectivity index (χ2v) is 4.04. The summed E-state index contributed by atoms with van der Waals surface area (Å²) in [4.78, 5) is 10.7. The van der Waals surface area contributed by atoms with Gasteiger partial charge in [0.1, 0.15) is 6.29 Å². The molecule has 0 spiro atoms. The third kappa shape index (κ3) is 3.73. The fraction of sp³-hybridized carbons (Fsp3) is 0.308. The van der Waals surface area contributed by atoms with Crippen molar-refractivity contribution in [2.75, 3.05) is 0 Å². The molecular formula is C13H13F3O. The molecule has 0 aliphatic heterocycles. The van der Waals surface area contributed by atoms with Crippen LogP contribution in [0.2, 0.25) is 0 Å². The van der Waals surface area contributed by atoms with Crippen molar-refractivity contribution in [2.45, 2.75) is 20.0 Å². The van der Waals surface area contributed by atoms with Crippen LogP contribution in [0.5, 0.6) is 0 Å². The topological polar surface area (TPSA) is 17.1 Å². The Kier molecular flexibility index (Phi) is 4.10. The molecule has 0 heterocycles. The lowest BCUT2D eigenvalue weighted by atomic mass is 10.0. The first-order valence-electron chi connectivity index (χ1n) is 5.18. The van der Waals surface area contributed by atoms with Gasteiger partial charge in [-0.3, -0.25) is 4.79 Å². The van der Waals surface area contributed by atoms with Crippen molar-refractivity contribution in [1.82, 2.24) is 0 Å². The van der Waals surface area contributed by atoms with Gasteiger partial charge in [-0.25, -0.2) is 0 Å². The Hall–Kier alpha value is -1.58. The van der Waals surface area contributed by atoms with Crippen LogP contribution in [0, 0.1) is 5.92 Å². The van der Waals surface area contributed by atoms with Crippen LogP contribution in [0.25, 0.3) is 6.08 Å². The van der Waals surface area contributed by atoms with Crippen molar-refractivity contribution >= 4 is 12.4 Å². The first kappa shape index (κ1) is 13.5. The molecular weight excluding hydrogens is 229 g/mol. The van der Waals surface area contributed by atoms with Gasteiger partial charge in [0.2, 0.25) is 0 Å². The smallest absolute Gasteiger partial charge is 0.298 e. The van der Waals surface area contributed by atoms with Crippen molar-refractivity contribution in [1.29, 1.82) is 0 Å². The summed E-state index contributed by atoms with van der Waals surface area (Å²) in [5, 5.41) is 0. The highest BCUT2D eigenvalue weighted by Gasteiger charge is 2.30. The van der Waals surface area contributed by atoms with Crippen LogP contribution in [0.4, 0.5) is 13.2 Å². The summed E-state index contributed by atoms with van der Waals surface area (Å²) in [5.41, 5.74) is 0.153. The van der Waals surface area contributed by atoms with Gasteiger partial charge in [0.15, 0.2) is 0 Å². The zero-order chi connectivity index (χ0) is 13.1. The fourth-order valence-electron chi connectivity index (χ4n) is 1.33. The second-order valence-electron chi connectivity index (χ2n) is 4.04. The largest absolute Gasteiger partial charge is 0.416 e. The lowest BCUT2D eigenvalue weighted by Gasteiger charge is -2.08. The highest BCUT2D eigenvalue weighted by Crippen LogP contribution is 2.30. The number of rotatable bonds is 3. The Morgan fingerprint density at radius 1 is 1.29 bits per heavy atom. The molecule has 1 aromatic rings. The maximum atomic E-state index is 12.5. The van der Waals surface area contributed by atoms with Gasteiger partial charge in [-0.15, -0.1) is 0 Å². The second kappa shape index (κ2) is 5.17. The third-order valence-electron chi connectivity index (χ3n) is 2.35. The predicted molar refractivity (Wildman–Crippen MR) is 60.3 cm³/mol. The van der Waals surface area contributed by atoms with Gasteiger partial charge in [-0.2, -0.15) is 13.2 Å². The summed E-state index contributed by atoms with van der Waals surface area (Å²) < 4.78 is 37.4. The molecule has 0 radical (unpaired) electrons. The first-order chi connectivity index (χ1) is 7.84. The third-order valence-corrected chi connectivity index (χ3v) is 2.35. The summed E-state index contributed by atoms with van der Waals surface area (Å²) in [6.07, 6.45) is -2.21. The van der Waals surface area contributed by atoms with E-state index >= 15 is 0 Å². The molecule has 92 valence electrons. The number of carbonyl (C=O) groups excluding carboxylic acids is 1. The van der Waals surface area contributed by atoms with E-state index in [1.165, 1.54) is 12.1 Å². The van der Waals surface area contributed by atoms with E-state index in [1.807, 2.05) is 13.8 Å². The summed E-state index contributed by atoms with van der Waals surface area (Å²) >= 11 is 0. The SMILES string of the molecule is CC(C)C(C=O)=Cc1cccc(C(F)(F)F)c1. The van der Waals surface area contributed by atoms with Crippen molar-refractivity contribution < 1.29 is 18.0 Å². The minimum Gasteiger partial charge on any atom is -0.298 e. The molecule has 4 heteroatoms. The van der Waals surface area contributed by atoms with Gasteiger partial charge < -0.3 is 0 Å². The van der Waals surface area contributed by atoms with Crippen LogP contribution in [-0.4, -0.2) is 6.29 Å². The summed E-state index contributed by atoms with van der Waals surface area (Å²) in [5.74, 6) is -0.0120. The van der Waals surface area contributed by atoms with Gasteiger partial charge in [0, 0.05) is 0 Å². The molecule has 0 aliphatic carbocycles. The molecule has 0 unspecified atom stereocenters. The van der Waals surface area contributed by atoms with Gasteiger partial charge >= 0.3 is 6.18 Å². The molecule has 0 saturated carbocycles. The molecule has 1 aromatic carbocycles. The average Bonchev–Trinajstić information content (AvgIpc) is 2.24. The van der Waals surface area contributed by atoms with Crippen LogP contribution in [0.15, 0.2) is 29.8 Å². The molecule has 17 heavy (non-hydrogen) atoms. The number of alkyl halides is 3. The van der Waals surface area contributed by atoms with Crippen LogP contribution in [0.3, 0.4) is 0 Å². The number of aldehydes is 1. The molecule has 0 saturated heterocycles. The minimum absolute atomic E-state index is 0.0120. The van der Waals surface area contributed by atoms with Crippen molar-refractivity contribution in [2.24, 2.45) is 5.92 Å². The predicted octanol–water partition coefficient (Wildman–Crippen LogP) is 3.94. The van der Waals surface area contributed by atoms with Gasteiger partial charge in [-0.05, 0) is 35.3 Å². The standard InChI is InChI=1S/C13H13F3O/c1-9(2)11(8-17)6-10-4-3-5-12(7-10)13(14,15)16/h3-9H,1-2H3. The number of halogens is 3. The molecule has 0 bridgehead atoms. The fourth-order valence-corrected chi connectivity index (χ4v) is 1.33. The van der Waals surface area contributed by atoms with E-state index in [1.54, 1.807) is 6.07 Å². The zero-order valence-corrected chi connectivity index (χ0v) is 9.58. The van der Waals surface area contributed by atoms with E-state index in [-0.39, 0.29) is 5.92 Å². The van der Waals surface area contributed by atoms with E-state index in [0.29, 0.717) is 17.4 Å². The van der Waals surface area contributed by atoms with Crippen LogP contribution in [-0.2, 0) is 11.0 Å². The number of hydrogen-bond acceptors (Lipinski definition) is 1. The van der Waals surface area contributed by atoms with E-state index in [0.717, 1.165) is 12.1 Å². The Labute approximate surface area is 98.0 Å². The van der Waals surface area contributed by atoms with E-state index in [9.17, 15) is 18.0 Å². The molecule has 0 amide bonds. The average molecular weight is 242 g/mol. The van der Waals surface area contributed by atoms with E-state index in [2.05, 4.69) is 0 Å². The maximum absolute atomic E-state index is 12.5. The Bertz CT molecular complexity index is 431. The minimum atomic E-state index is -4.36. The number of carbonyl (C=O) groups is 1. The van der Waals surface area contributed by atoms with Crippen molar-refractivity contribution in [3.63, 3.8) is 0 Å². The number of benzene rings is 1. The molecule has 0 aromatic heterocycles. The summed E-state index contributed by atoms with van der Waals surface area (Å²) in [7, 11) is 0. The quantitative estimate of drug-likeness (QED) is 0.579. The highest BCUT2D eigenvalue weighted by molar-refractivity contribution is 5.82. The highest BCUT2D eigenvalue weighted by atomic mass is 19.4. The Morgan fingerprint density at radius 3 is 2.41 bits per heavy atom. The monoisotopic (exact) mass is 242 g/mol. The zero-order valence-electron chi connectivity index (χ0n) is 9.58. The van der Waals surface area contributed by atoms with Gasteiger partial charge in [0.05, 0.1) is 5.56 Å². The van der Waals surface area contributed by atoms with E-state index < -0.39 is 11.7 Å². The lowest BCUT2D eigenvalue weighted by molar-refractivity contribution is -0.137. The van der Waals surface area contributed by atoms with Gasteiger partial charge in [-0.1, -0.05) is 26.0 Å². The molecule has 0 atom stereocenters. The van der Waals surface area contributed by atoms with Crippen LogP contribution < -0.4 is 0 Å². The molecule has 0 N–H and O–H groups in total. The summed E-state index contributed by atoms with van der Waals surface area (Å²) in [6.45, 7) is 3.63.